The summed E-state index contributed by atoms with van der Waals surface area (Å²) in [5, 5.41) is 13.1. The average Bonchev–Trinajstić information content (AvgIpc) is 2.96. The van der Waals surface area contributed by atoms with Gasteiger partial charge in [0.1, 0.15) is 0 Å². The number of hydrogen-bond donors (Lipinski definition) is 0. The third-order valence-corrected chi connectivity index (χ3v) is 5.59. The molecule has 7 heteroatoms. The molecule has 1 aliphatic rings. The predicted molar refractivity (Wildman–Crippen MR) is 88.3 cm³/mol. The van der Waals surface area contributed by atoms with Gasteiger partial charge in [-0.15, -0.1) is 11.3 Å². The van der Waals surface area contributed by atoms with Crippen LogP contribution in [0.4, 0.5) is 5.69 Å². The second kappa shape index (κ2) is 5.81. The number of amides is 1. The van der Waals surface area contributed by atoms with Crippen molar-refractivity contribution in [3.63, 3.8) is 0 Å². The van der Waals surface area contributed by atoms with Crippen molar-refractivity contribution < 1.29 is 9.72 Å². The number of rotatable bonds is 2. The molecule has 0 radical (unpaired) electrons. The van der Waals surface area contributed by atoms with Crippen molar-refractivity contribution >= 4 is 38.9 Å². The SMILES string of the molecule is C[C@H]1c2ccsc2CCN1C(=O)c1ccc(Br)c([N+](=O)[O-])c1. The molecule has 0 unspecified atom stereocenters. The Morgan fingerprint density at radius 2 is 2.23 bits per heavy atom. The maximum atomic E-state index is 12.7. The lowest BCUT2D eigenvalue weighted by Gasteiger charge is -2.33. The van der Waals surface area contributed by atoms with E-state index in [9.17, 15) is 14.9 Å². The van der Waals surface area contributed by atoms with Gasteiger partial charge in [0.05, 0.1) is 15.4 Å². The first-order valence-electron chi connectivity index (χ1n) is 6.80. The number of halogens is 1. The monoisotopic (exact) mass is 380 g/mol. The van der Waals surface area contributed by atoms with Crippen LogP contribution in [0.5, 0.6) is 0 Å². The molecule has 0 bridgehead atoms. The molecule has 5 nitrogen and oxygen atoms in total. The fourth-order valence-corrected chi connectivity index (χ4v) is 4.09. The van der Waals surface area contributed by atoms with E-state index < -0.39 is 4.92 Å². The van der Waals surface area contributed by atoms with E-state index in [0.29, 0.717) is 16.6 Å². The average molecular weight is 381 g/mol. The molecule has 1 amide bonds. The summed E-state index contributed by atoms with van der Waals surface area (Å²) in [4.78, 5) is 26.3. The van der Waals surface area contributed by atoms with E-state index in [0.717, 1.165) is 6.42 Å². The fourth-order valence-electron chi connectivity index (χ4n) is 2.74. The van der Waals surface area contributed by atoms with Gasteiger partial charge in [-0.3, -0.25) is 14.9 Å². The van der Waals surface area contributed by atoms with Crippen molar-refractivity contribution in [3.05, 3.63) is 60.2 Å². The van der Waals surface area contributed by atoms with Gasteiger partial charge in [-0.2, -0.15) is 0 Å². The molecule has 0 fully saturated rings. The van der Waals surface area contributed by atoms with Crippen molar-refractivity contribution in [3.8, 4) is 0 Å². The van der Waals surface area contributed by atoms with Crippen molar-refractivity contribution in [2.45, 2.75) is 19.4 Å². The molecule has 1 aromatic heterocycles. The quantitative estimate of drug-likeness (QED) is 0.579. The molecular weight excluding hydrogens is 368 g/mol. The molecule has 2 heterocycles. The normalized spacial score (nSPS) is 17.2. The van der Waals surface area contributed by atoms with Crippen molar-refractivity contribution in [1.82, 2.24) is 4.90 Å². The number of benzene rings is 1. The summed E-state index contributed by atoms with van der Waals surface area (Å²) in [6.07, 6.45) is 0.835. The van der Waals surface area contributed by atoms with E-state index in [1.165, 1.54) is 16.5 Å². The molecule has 2 aromatic rings. The van der Waals surface area contributed by atoms with Crippen LogP contribution in [0.25, 0.3) is 0 Å². The Hall–Kier alpha value is -1.73. The molecule has 0 aliphatic carbocycles. The number of carbonyl (C=O) groups is 1. The van der Waals surface area contributed by atoms with Crippen molar-refractivity contribution in [2.24, 2.45) is 0 Å². The van der Waals surface area contributed by atoms with Crippen LogP contribution < -0.4 is 0 Å². The predicted octanol–water partition coefficient (Wildman–Crippen LogP) is 4.18. The zero-order valence-corrected chi connectivity index (χ0v) is 14.2. The van der Waals surface area contributed by atoms with E-state index in [4.69, 9.17) is 0 Å². The van der Waals surface area contributed by atoms with Crippen molar-refractivity contribution in [2.75, 3.05) is 6.54 Å². The zero-order chi connectivity index (χ0) is 15.9. The topological polar surface area (TPSA) is 63.5 Å². The van der Waals surface area contributed by atoms with E-state index in [1.54, 1.807) is 28.4 Å². The highest BCUT2D eigenvalue weighted by atomic mass is 79.9. The summed E-state index contributed by atoms with van der Waals surface area (Å²) in [6.45, 7) is 2.63. The van der Waals surface area contributed by atoms with Gasteiger partial charge in [-0.1, -0.05) is 0 Å². The standard InChI is InChI=1S/C15H13BrN2O3S/c1-9-11-5-7-22-14(11)4-6-17(9)15(19)10-2-3-12(16)13(8-10)18(20)21/h2-3,5,7-9H,4,6H2,1H3/t9-/m0/s1. The first-order valence-corrected chi connectivity index (χ1v) is 8.47. The van der Waals surface area contributed by atoms with Gasteiger partial charge in [0.15, 0.2) is 0 Å². The maximum Gasteiger partial charge on any atom is 0.284 e. The minimum atomic E-state index is -0.489. The minimum absolute atomic E-state index is 0.00907. The van der Waals surface area contributed by atoms with Gasteiger partial charge in [-0.25, -0.2) is 0 Å². The molecule has 0 spiro atoms. The second-order valence-electron chi connectivity index (χ2n) is 5.15. The Bertz CT molecular complexity index is 759. The number of nitrogens with zero attached hydrogens (tertiary/aromatic N) is 2. The number of thiophene rings is 1. The third kappa shape index (κ3) is 2.55. The lowest BCUT2D eigenvalue weighted by atomic mass is 10.0. The lowest BCUT2D eigenvalue weighted by Crippen LogP contribution is -2.38. The number of hydrogen-bond acceptors (Lipinski definition) is 4. The first-order chi connectivity index (χ1) is 10.5. The summed E-state index contributed by atoms with van der Waals surface area (Å²) >= 11 is 4.85. The van der Waals surface area contributed by atoms with E-state index in [2.05, 4.69) is 15.9 Å². The van der Waals surface area contributed by atoms with Gasteiger partial charge in [-0.05, 0) is 58.4 Å². The van der Waals surface area contributed by atoms with Crippen LogP contribution in [0.2, 0.25) is 0 Å². The van der Waals surface area contributed by atoms with Crippen molar-refractivity contribution in [1.29, 1.82) is 0 Å². The summed E-state index contributed by atoms with van der Waals surface area (Å²) in [5.41, 5.74) is 1.43. The number of nitro benzene ring substituents is 1. The highest BCUT2D eigenvalue weighted by Gasteiger charge is 2.29. The minimum Gasteiger partial charge on any atom is -0.331 e. The Morgan fingerprint density at radius 3 is 2.95 bits per heavy atom. The van der Waals surface area contributed by atoms with Crippen LogP contribution in [0, 0.1) is 10.1 Å². The number of nitro groups is 1. The smallest absolute Gasteiger partial charge is 0.284 e. The zero-order valence-electron chi connectivity index (χ0n) is 11.8. The summed E-state index contributed by atoms with van der Waals surface area (Å²) in [6, 6.07) is 6.55. The van der Waals surface area contributed by atoms with Crippen LogP contribution in [-0.2, 0) is 6.42 Å². The Balaban J connectivity index is 1.92. The molecule has 0 N–H and O–H groups in total. The van der Waals surface area contributed by atoms with E-state index in [-0.39, 0.29) is 17.6 Å². The van der Waals surface area contributed by atoms with Gasteiger partial charge in [0.2, 0.25) is 0 Å². The molecule has 1 aromatic carbocycles. The number of carbonyl (C=O) groups excluding carboxylic acids is 1. The Morgan fingerprint density at radius 1 is 1.45 bits per heavy atom. The molecule has 114 valence electrons. The van der Waals surface area contributed by atoms with Crippen LogP contribution in [0.15, 0.2) is 34.1 Å². The molecule has 1 aliphatic heterocycles. The van der Waals surface area contributed by atoms with E-state index in [1.807, 2.05) is 18.4 Å². The molecule has 22 heavy (non-hydrogen) atoms. The van der Waals surface area contributed by atoms with E-state index >= 15 is 0 Å². The number of fused-ring (bicyclic) bond motifs is 1. The van der Waals surface area contributed by atoms with Crippen LogP contribution in [-0.4, -0.2) is 22.3 Å². The van der Waals surface area contributed by atoms with Crippen LogP contribution >= 0.6 is 27.3 Å². The molecule has 1 atom stereocenters. The lowest BCUT2D eigenvalue weighted by molar-refractivity contribution is -0.385. The second-order valence-corrected chi connectivity index (χ2v) is 7.00. The summed E-state index contributed by atoms with van der Waals surface area (Å²) < 4.78 is 0.376. The Kier molecular flexibility index (Phi) is 4.01. The molecule has 3 rings (SSSR count). The molecule has 0 saturated heterocycles. The van der Waals surface area contributed by atoms with Gasteiger partial charge in [0.25, 0.3) is 11.6 Å². The highest BCUT2D eigenvalue weighted by molar-refractivity contribution is 9.10. The maximum absolute atomic E-state index is 12.7. The van der Waals surface area contributed by atoms with Crippen LogP contribution in [0.3, 0.4) is 0 Å². The first kappa shape index (κ1) is 15.2. The molecular formula is C15H13BrN2O3S. The van der Waals surface area contributed by atoms with Gasteiger partial charge in [0, 0.05) is 23.1 Å². The highest BCUT2D eigenvalue weighted by Crippen LogP contribution is 2.34. The van der Waals surface area contributed by atoms with Crippen LogP contribution in [0.1, 0.15) is 33.8 Å². The third-order valence-electron chi connectivity index (χ3n) is 3.93. The van der Waals surface area contributed by atoms with Gasteiger partial charge < -0.3 is 4.90 Å². The largest absolute Gasteiger partial charge is 0.331 e. The summed E-state index contributed by atoms with van der Waals surface area (Å²) in [7, 11) is 0. The van der Waals surface area contributed by atoms with Gasteiger partial charge >= 0.3 is 0 Å². The fraction of sp³-hybridized carbons (Fsp3) is 0.267. The summed E-state index contributed by atoms with van der Waals surface area (Å²) in [5.74, 6) is -0.167. The Labute approximate surface area is 139 Å². The molecule has 0 saturated carbocycles.